The van der Waals surface area contributed by atoms with E-state index in [1.165, 1.54) is 0 Å². The molecule has 152 valence electrons. The number of aliphatic hydroxyl groups is 1. The van der Waals surface area contributed by atoms with Crippen molar-refractivity contribution in [3.05, 3.63) is 65.4 Å². The fourth-order valence-electron chi connectivity index (χ4n) is 2.70. The van der Waals surface area contributed by atoms with E-state index < -0.39 is 12.0 Å². The van der Waals surface area contributed by atoms with Gasteiger partial charge in [-0.2, -0.15) is 5.10 Å². The second-order valence-corrected chi connectivity index (χ2v) is 7.23. The Balaban J connectivity index is 1.81. The van der Waals surface area contributed by atoms with E-state index in [2.05, 4.69) is 15.5 Å². The number of H-pyrrole nitrogens is 1. The summed E-state index contributed by atoms with van der Waals surface area (Å²) in [7, 11) is 3.91. The summed E-state index contributed by atoms with van der Waals surface area (Å²) in [6.07, 6.45) is 2.14. The molecule has 0 radical (unpaired) electrons. The van der Waals surface area contributed by atoms with Gasteiger partial charge in [0.1, 0.15) is 12.4 Å². The molecular weight excluding hydrogens is 392 g/mol. The van der Waals surface area contributed by atoms with E-state index in [-0.39, 0.29) is 0 Å². The van der Waals surface area contributed by atoms with Crippen LogP contribution in [0, 0.1) is 0 Å². The average molecular weight is 415 g/mol. The normalized spacial score (nSPS) is 12.0. The Hall–Kier alpha value is -2.87. The summed E-state index contributed by atoms with van der Waals surface area (Å²) in [5, 5.41) is 20.3. The van der Waals surface area contributed by atoms with Crippen LogP contribution in [-0.4, -0.2) is 53.4 Å². The average Bonchev–Trinajstić information content (AvgIpc) is 3.23. The van der Waals surface area contributed by atoms with Gasteiger partial charge in [-0.3, -0.25) is 9.89 Å². The van der Waals surface area contributed by atoms with Crippen molar-refractivity contribution in [1.29, 1.82) is 0 Å². The van der Waals surface area contributed by atoms with Gasteiger partial charge in [0.15, 0.2) is 6.10 Å². The molecule has 0 aliphatic carbocycles. The summed E-state index contributed by atoms with van der Waals surface area (Å²) in [5.74, 6) is -0.0574. The Bertz CT molecular complexity index is 960. The number of benzene rings is 2. The van der Waals surface area contributed by atoms with E-state index in [4.69, 9.17) is 16.3 Å². The lowest BCUT2D eigenvalue weighted by atomic mass is 10.1. The molecule has 0 aliphatic rings. The molecule has 29 heavy (non-hydrogen) atoms. The molecule has 0 spiro atoms. The van der Waals surface area contributed by atoms with Crippen LogP contribution < -0.4 is 10.1 Å². The fraction of sp³-hybridized carbons (Fsp3) is 0.238. The van der Waals surface area contributed by atoms with E-state index in [1.807, 2.05) is 31.1 Å². The first-order valence-electron chi connectivity index (χ1n) is 9.09. The van der Waals surface area contributed by atoms with E-state index in [0.29, 0.717) is 35.2 Å². The number of amides is 1. The second kappa shape index (κ2) is 9.56. The Labute approximate surface area is 174 Å². The highest BCUT2D eigenvalue weighted by atomic mass is 35.5. The van der Waals surface area contributed by atoms with Crippen molar-refractivity contribution in [2.45, 2.75) is 6.10 Å². The number of aliphatic hydroxyl groups excluding tert-OH is 1. The van der Waals surface area contributed by atoms with Gasteiger partial charge >= 0.3 is 0 Å². The molecule has 0 aliphatic heterocycles. The van der Waals surface area contributed by atoms with Crippen molar-refractivity contribution < 1.29 is 14.6 Å². The third-order valence-electron chi connectivity index (χ3n) is 4.28. The van der Waals surface area contributed by atoms with Crippen LogP contribution in [0.25, 0.3) is 11.1 Å². The Morgan fingerprint density at radius 1 is 1.28 bits per heavy atom. The molecule has 8 heteroatoms. The maximum Gasteiger partial charge on any atom is 0.257 e. The standard InChI is InChI=1S/C21H23ClN4O3/c1-26(2)8-9-29-19-11-14(16-12-23-24-13-16)6-7-18(19)25-21(28)20(27)15-4-3-5-17(22)10-15/h3-7,10-13,20,27H,8-9H2,1-2H3,(H,23,24)(H,25,28)/t20-/m1/s1. The van der Waals surface area contributed by atoms with Crippen molar-refractivity contribution >= 4 is 23.2 Å². The molecule has 3 rings (SSSR count). The highest BCUT2D eigenvalue weighted by molar-refractivity contribution is 6.30. The third kappa shape index (κ3) is 5.57. The van der Waals surface area contributed by atoms with Crippen molar-refractivity contribution in [2.75, 3.05) is 32.6 Å². The molecule has 1 heterocycles. The zero-order valence-electron chi connectivity index (χ0n) is 16.2. The van der Waals surface area contributed by atoms with Crippen molar-refractivity contribution in [3.63, 3.8) is 0 Å². The van der Waals surface area contributed by atoms with Gasteiger partial charge < -0.3 is 20.1 Å². The number of nitrogens with one attached hydrogen (secondary N) is 2. The van der Waals surface area contributed by atoms with Gasteiger partial charge in [0.2, 0.25) is 0 Å². The van der Waals surface area contributed by atoms with Crippen molar-refractivity contribution in [1.82, 2.24) is 15.1 Å². The Kier molecular flexibility index (Phi) is 6.87. The zero-order valence-corrected chi connectivity index (χ0v) is 17.0. The first-order valence-corrected chi connectivity index (χ1v) is 9.47. The number of carbonyl (C=O) groups excluding carboxylic acids is 1. The minimum Gasteiger partial charge on any atom is -0.490 e. The van der Waals surface area contributed by atoms with Crippen LogP contribution in [0.2, 0.25) is 5.02 Å². The predicted octanol–water partition coefficient (Wildman–Crippen LogP) is 3.34. The highest BCUT2D eigenvalue weighted by Crippen LogP contribution is 2.31. The van der Waals surface area contributed by atoms with Crippen LogP contribution in [0.4, 0.5) is 5.69 Å². The van der Waals surface area contributed by atoms with E-state index in [1.54, 1.807) is 42.7 Å². The number of halogens is 1. The summed E-state index contributed by atoms with van der Waals surface area (Å²) in [5.41, 5.74) is 2.69. The quantitative estimate of drug-likeness (QED) is 0.526. The number of rotatable bonds is 8. The number of hydrogen-bond acceptors (Lipinski definition) is 5. The molecule has 2 aromatic carbocycles. The van der Waals surface area contributed by atoms with E-state index in [0.717, 1.165) is 11.1 Å². The first-order chi connectivity index (χ1) is 13.9. The molecule has 0 fully saturated rings. The molecule has 1 amide bonds. The molecule has 0 bridgehead atoms. The molecule has 3 aromatic rings. The monoisotopic (exact) mass is 414 g/mol. The van der Waals surface area contributed by atoms with Crippen molar-refractivity contribution in [3.8, 4) is 16.9 Å². The SMILES string of the molecule is CN(C)CCOc1cc(-c2cn[nH]c2)ccc1NC(=O)[C@H](O)c1cccc(Cl)c1. The van der Waals surface area contributed by atoms with Gasteiger partial charge in [0.05, 0.1) is 11.9 Å². The van der Waals surface area contributed by atoms with Crippen LogP contribution >= 0.6 is 11.6 Å². The topological polar surface area (TPSA) is 90.5 Å². The smallest absolute Gasteiger partial charge is 0.257 e. The summed E-state index contributed by atoms with van der Waals surface area (Å²) >= 11 is 5.95. The van der Waals surface area contributed by atoms with Gasteiger partial charge in [0, 0.05) is 23.3 Å². The summed E-state index contributed by atoms with van der Waals surface area (Å²) in [6, 6.07) is 12.0. The summed E-state index contributed by atoms with van der Waals surface area (Å²) < 4.78 is 5.90. The molecule has 0 saturated heterocycles. The van der Waals surface area contributed by atoms with E-state index in [9.17, 15) is 9.90 Å². The lowest BCUT2D eigenvalue weighted by molar-refractivity contribution is -0.124. The summed E-state index contributed by atoms with van der Waals surface area (Å²) in [4.78, 5) is 14.6. The fourth-order valence-corrected chi connectivity index (χ4v) is 2.90. The molecule has 1 atom stereocenters. The van der Waals surface area contributed by atoms with Crippen LogP contribution in [0.1, 0.15) is 11.7 Å². The number of ether oxygens (including phenoxy) is 1. The van der Waals surface area contributed by atoms with E-state index >= 15 is 0 Å². The number of nitrogens with zero attached hydrogens (tertiary/aromatic N) is 2. The maximum absolute atomic E-state index is 12.6. The van der Waals surface area contributed by atoms with Gasteiger partial charge in [-0.05, 0) is 49.5 Å². The minimum absolute atomic E-state index is 0.417. The Morgan fingerprint density at radius 2 is 2.10 bits per heavy atom. The van der Waals surface area contributed by atoms with Gasteiger partial charge in [-0.25, -0.2) is 0 Å². The number of anilines is 1. The Morgan fingerprint density at radius 3 is 2.79 bits per heavy atom. The molecule has 1 aromatic heterocycles. The zero-order chi connectivity index (χ0) is 20.8. The predicted molar refractivity (Wildman–Crippen MR) is 113 cm³/mol. The second-order valence-electron chi connectivity index (χ2n) is 6.80. The third-order valence-corrected chi connectivity index (χ3v) is 4.51. The molecule has 0 unspecified atom stereocenters. The molecular formula is C21H23ClN4O3. The highest BCUT2D eigenvalue weighted by Gasteiger charge is 2.19. The van der Waals surface area contributed by atoms with Crippen molar-refractivity contribution in [2.24, 2.45) is 0 Å². The first kappa shape index (κ1) is 20.9. The lowest BCUT2D eigenvalue weighted by Gasteiger charge is -2.17. The molecule has 3 N–H and O–H groups in total. The lowest BCUT2D eigenvalue weighted by Crippen LogP contribution is -2.22. The van der Waals surface area contributed by atoms with Crippen LogP contribution in [0.5, 0.6) is 5.75 Å². The molecule has 0 saturated carbocycles. The van der Waals surface area contributed by atoms with Gasteiger partial charge in [-0.1, -0.05) is 29.8 Å². The molecule has 7 nitrogen and oxygen atoms in total. The number of aromatic amines is 1. The largest absolute Gasteiger partial charge is 0.490 e. The number of likely N-dealkylation sites (N-methyl/N-ethyl adjacent to an activating group) is 1. The van der Waals surface area contributed by atoms with Gasteiger partial charge in [0.25, 0.3) is 5.91 Å². The number of hydrogen-bond donors (Lipinski definition) is 3. The number of aromatic nitrogens is 2. The number of carbonyl (C=O) groups is 1. The van der Waals surface area contributed by atoms with Crippen LogP contribution in [-0.2, 0) is 4.79 Å². The summed E-state index contributed by atoms with van der Waals surface area (Å²) in [6.45, 7) is 1.16. The van der Waals surface area contributed by atoms with Gasteiger partial charge in [-0.15, -0.1) is 0 Å². The minimum atomic E-state index is -1.35. The maximum atomic E-state index is 12.6. The van der Waals surface area contributed by atoms with Crippen LogP contribution in [0.15, 0.2) is 54.9 Å². The van der Waals surface area contributed by atoms with Crippen LogP contribution in [0.3, 0.4) is 0 Å².